The molecule has 0 fully saturated rings. The zero-order valence-corrected chi connectivity index (χ0v) is 18.4. The first-order valence-electron chi connectivity index (χ1n) is 10.3. The highest BCUT2D eigenvalue weighted by Crippen LogP contribution is 2.27. The molecule has 2 aromatic carbocycles. The number of nitrogens with zero attached hydrogens (tertiary/aromatic N) is 2. The van der Waals surface area contributed by atoms with Crippen molar-refractivity contribution in [3.05, 3.63) is 95.9 Å². The number of hydrogen-bond donors (Lipinski definition) is 1. The van der Waals surface area contributed by atoms with Crippen LogP contribution in [0.4, 0.5) is 0 Å². The topological polar surface area (TPSA) is 55.6 Å². The molecule has 1 N–H and O–H groups in total. The van der Waals surface area contributed by atoms with Crippen LogP contribution >= 0.6 is 11.8 Å². The molecule has 1 atom stereocenters. The molecule has 0 spiro atoms. The summed E-state index contributed by atoms with van der Waals surface area (Å²) in [6.07, 6.45) is 4.01. The minimum atomic E-state index is -0.111. The van der Waals surface area contributed by atoms with Crippen molar-refractivity contribution in [2.75, 3.05) is 6.61 Å². The molecule has 2 heterocycles. The van der Waals surface area contributed by atoms with Gasteiger partial charge in [0.1, 0.15) is 11.4 Å². The van der Waals surface area contributed by atoms with Crippen LogP contribution in [0.1, 0.15) is 41.5 Å². The van der Waals surface area contributed by atoms with Crippen molar-refractivity contribution in [3.8, 4) is 5.75 Å². The fourth-order valence-corrected chi connectivity index (χ4v) is 4.30. The second kappa shape index (κ2) is 9.71. The maximum Gasteiger partial charge on any atom is 0.252 e. The van der Waals surface area contributed by atoms with Crippen LogP contribution in [0.2, 0.25) is 0 Å². The zero-order chi connectivity index (χ0) is 21.6. The summed E-state index contributed by atoms with van der Waals surface area (Å²) in [6, 6.07) is 21.4. The summed E-state index contributed by atoms with van der Waals surface area (Å²) >= 11 is 1.62. The van der Waals surface area contributed by atoms with Gasteiger partial charge in [-0.25, -0.2) is 4.98 Å². The van der Waals surface area contributed by atoms with Gasteiger partial charge in [0.15, 0.2) is 0 Å². The third-order valence-corrected chi connectivity index (χ3v) is 6.07. The first-order chi connectivity index (χ1) is 15.1. The third kappa shape index (κ3) is 5.09. The molecule has 4 rings (SSSR count). The molecule has 4 aromatic rings. The lowest BCUT2D eigenvalue weighted by molar-refractivity contribution is 0.0937. The van der Waals surface area contributed by atoms with Gasteiger partial charge in [0, 0.05) is 23.0 Å². The summed E-state index contributed by atoms with van der Waals surface area (Å²) in [6.45, 7) is 4.58. The number of nitrogens with one attached hydrogen (secondary N) is 1. The number of carbonyl (C=O) groups excluding carboxylic acids is 1. The molecule has 1 amide bonds. The molecule has 0 bridgehead atoms. The highest BCUT2D eigenvalue weighted by molar-refractivity contribution is 7.98. The number of aromatic nitrogens is 2. The van der Waals surface area contributed by atoms with Gasteiger partial charge < -0.3 is 14.5 Å². The normalized spacial score (nSPS) is 11.9. The molecule has 2 aromatic heterocycles. The van der Waals surface area contributed by atoms with Gasteiger partial charge >= 0.3 is 0 Å². The van der Waals surface area contributed by atoms with Gasteiger partial charge in [0.05, 0.1) is 23.9 Å². The molecular formula is C25H25N3O2S. The fraction of sp³-hybridized carbons (Fsp3) is 0.200. The number of thioether (sulfide) groups is 1. The van der Waals surface area contributed by atoms with Crippen molar-refractivity contribution in [1.82, 2.24) is 14.7 Å². The Labute approximate surface area is 186 Å². The highest BCUT2D eigenvalue weighted by Gasteiger charge is 2.15. The van der Waals surface area contributed by atoms with E-state index in [1.807, 2.05) is 97.4 Å². The van der Waals surface area contributed by atoms with Gasteiger partial charge in [-0.1, -0.05) is 30.3 Å². The SMILES string of the molecule is CCOc1ccc(C(C)NC(=O)c2ccccc2SCc2cn3ccccc3n2)cc1. The van der Waals surface area contributed by atoms with Crippen molar-refractivity contribution < 1.29 is 9.53 Å². The quantitative estimate of drug-likeness (QED) is 0.374. The molecule has 5 nitrogen and oxygen atoms in total. The summed E-state index contributed by atoms with van der Waals surface area (Å²) in [5.41, 5.74) is 3.61. The fourth-order valence-electron chi connectivity index (χ4n) is 3.37. The molecule has 31 heavy (non-hydrogen) atoms. The van der Waals surface area contributed by atoms with E-state index >= 15 is 0 Å². The predicted octanol–water partition coefficient (Wildman–Crippen LogP) is 5.52. The van der Waals surface area contributed by atoms with Crippen LogP contribution in [0.15, 0.2) is 84.0 Å². The largest absolute Gasteiger partial charge is 0.494 e. The smallest absolute Gasteiger partial charge is 0.252 e. The average Bonchev–Trinajstić information content (AvgIpc) is 3.21. The van der Waals surface area contributed by atoms with Crippen LogP contribution in [0.5, 0.6) is 5.75 Å². The molecule has 0 saturated carbocycles. The van der Waals surface area contributed by atoms with Gasteiger partial charge in [-0.2, -0.15) is 0 Å². The van der Waals surface area contributed by atoms with Crippen LogP contribution in [0.25, 0.3) is 5.65 Å². The van der Waals surface area contributed by atoms with E-state index in [-0.39, 0.29) is 11.9 Å². The van der Waals surface area contributed by atoms with Crippen LogP contribution < -0.4 is 10.1 Å². The monoisotopic (exact) mass is 431 g/mol. The van der Waals surface area contributed by atoms with E-state index in [1.165, 1.54) is 0 Å². The van der Waals surface area contributed by atoms with E-state index in [0.29, 0.717) is 17.9 Å². The average molecular weight is 432 g/mol. The number of hydrogen-bond acceptors (Lipinski definition) is 4. The van der Waals surface area contributed by atoms with Gasteiger partial charge in [-0.05, 0) is 55.8 Å². The standard InChI is InChI=1S/C25H25N3O2S/c1-3-30-21-13-11-19(12-14-21)18(2)26-25(29)22-8-4-5-9-23(22)31-17-20-16-28-15-7-6-10-24(28)27-20/h4-16,18H,3,17H2,1-2H3,(H,26,29). The lowest BCUT2D eigenvalue weighted by Gasteiger charge is -2.16. The van der Waals surface area contributed by atoms with E-state index in [4.69, 9.17) is 4.74 Å². The first-order valence-corrected chi connectivity index (χ1v) is 11.3. The molecule has 0 aliphatic rings. The summed E-state index contributed by atoms with van der Waals surface area (Å²) < 4.78 is 7.50. The maximum atomic E-state index is 13.0. The minimum absolute atomic E-state index is 0.0838. The van der Waals surface area contributed by atoms with Crippen molar-refractivity contribution in [1.29, 1.82) is 0 Å². The number of amides is 1. The molecular weight excluding hydrogens is 406 g/mol. The predicted molar refractivity (Wildman–Crippen MR) is 125 cm³/mol. The third-order valence-electron chi connectivity index (χ3n) is 4.96. The van der Waals surface area contributed by atoms with Gasteiger partial charge in [-0.3, -0.25) is 4.79 Å². The Bertz CT molecular complexity index is 1140. The van der Waals surface area contributed by atoms with E-state index in [2.05, 4.69) is 10.3 Å². The second-order valence-electron chi connectivity index (χ2n) is 7.18. The number of rotatable bonds is 8. The zero-order valence-electron chi connectivity index (χ0n) is 17.6. The van der Waals surface area contributed by atoms with Gasteiger partial charge in [-0.15, -0.1) is 11.8 Å². The number of carbonyl (C=O) groups is 1. The summed E-state index contributed by atoms with van der Waals surface area (Å²) in [5, 5.41) is 3.11. The van der Waals surface area contributed by atoms with Crippen molar-refractivity contribution in [2.24, 2.45) is 0 Å². The van der Waals surface area contributed by atoms with E-state index < -0.39 is 0 Å². The van der Waals surface area contributed by atoms with Crippen molar-refractivity contribution in [3.63, 3.8) is 0 Å². The van der Waals surface area contributed by atoms with Crippen LogP contribution in [0.3, 0.4) is 0 Å². The van der Waals surface area contributed by atoms with Gasteiger partial charge in [0.25, 0.3) is 5.91 Å². The van der Waals surface area contributed by atoms with Crippen LogP contribution in [-0.4, -0.2) is 21.9 Å². The number of imidazole rings is 1. The number of pyridine rings is 1. The Hall–Kier alpha value is -3.25. The maximum absolute atomic E-state index is 13.0. The summed E-state index contributed by atoms with van der Waals surface area (Å²) in [5.74, 6) is 1.44. The lowest BCUT2D eigenvalue weighted by atomic mass is 10.1. The Morgan fingerprint density at radius 1 is 1.10 bits per heavy atom. The Morgan fingerprint density at radius 3 is 2.65 bits per heavy atom. The van der Waals surface area contributed by atoms with Gasteiger partial charge in [0.2, 0.25) is 0 Å². The first kappa shape index (κ1) is 21.0. The number of ether oxygens (including phenoxy) is 1. The van der Waals surface area contributed by atoms with Crippen molar-refractivity contribution >= 4 is 23.3 Å². The minimum Gasteiger partial charge on any atom is -0.494 e. The Balaban J connectivity index is 1.43. The molecule has 6 heteroatoms. The Kier molecular flexibility index (Phi) is 6.57. The molecule has 1 unspecified atom stereocenters. The Morgan fingerprint density at radius 2 is 1.87 bits per heavy atom. The summed E-state index contributed by atoms with van der Waals surface area (Å²) in [7, 11) is 0. The highest BCUT2D eigenvalue weighted by atomic mass is 32.2. The molecule has 0 aliphatic carbocycles. The van der Waals surface area contributed by atoms with E-state index in [9.17, 15) is 4.79 Å². The van der Waals surface area contributed by atoms with Crippen molar-refractivity contribution in [2.45, 2.75) is 30.5 Å². The second-order valence-corrected chi connectivity index (χ2v) is 8.20. The van der Waals surface area contributed by atoms with Crippen LogP contribution in [-0.2, 0) is 5.75 Å². The summed E-state index contributed by atoms with van der Waals surface area (Å²) in [4.78, 5) is 18.6. The van der Waals surface area contributed by atoms with Crippen LogP contribution in [0, 0.1) is 0 Å². The molecule has 0 saturated heterocycles. The molecule has 158 valence electrons. The lowest BCUT2D eigenvalue weighted by Crippen LogP contribution is -2.27. The molecule has 0 aliphatic heterocycles. The number of fused-ring (bicyclic) bond motifs is 1. The van der Waals surface area contributed by atoms with E-state index in [0.717, 1.165) is 27.5 Å². The number of benzene rings is 2. The van der Waals surface area contributed by atoms with E-state index in [1.54, 1.807) is 11.8 Å². The molecule has 0 radical (unpaired) electrons.